The number of thiophene rings is 1. The van der Waals surface area contributed by atoms with Gasteiger partial charge < -0.3 is 9.64 Å². The van der Waals surface area contributed by atoms with E-state index in [0.29, 0.717) is 24.8 Å². The third-order valence-electron chi connectivity index (χ3n) is 4.36. The smallest absolute Gasteiger partial charge is 0.441 e. The van der Waals surface area contributed by atoms with Gasteiger partial charge in [0, 0.05) is 19.6 Å². The van der Waals surface area contributed by atoms with E-state index in [9.17, 15) is 9.59 Å². The van der Waals surface area contributed by atoms with Gasteiger partial charge in [-0.25, -0.2) is 9.59 Å². The van der Waals surface area contributed by atoms with Gasteiger partial charge in [-0.1, -0.05) is 11.2 Å². The summed E-state index contributed by atoms with van der Waals surface area (Å²) in [5, 5.41) is 5.85. The maximum atomic E-state index is 12.3. The molecule has 1 saturated heterocycles. The first-order valence-corrected chi connectivity index (χ1v) is 9.80. The predicted molar refractivity (Wildman–Crippen MR) is 99.2 cm³/mol. The Hall–Kier alpha value is -2.09. The Labute approximate surface area is 156 Å². The van der Waals surface area contributed by atoms with E-state index in [-0.39, 0.29) is 6.09 Å². The minimum atomic E-state index is -0.491. The first-order valence-electron chi connectivity index (χ1n) is 8.92. The number of carbonyl (C=O) groups is 1. The molecule has 142 valence electrons. The summed E-state index contributed by atoms with van der Waals surface area (Å²) in [6.45, 7) is 7.52. The third kappa shape index (κ3) is 4.55. The van der Waals surface area contributed by atoms with Crippen molar-refractivity contribution in [1.82, 2.24) is 14.6 Å². The van der Waals surface area contributed by atoms with Crippen LogP contribution in [0.25, 0.3) is 10.7 Å². The number of hydrogen-bond donors (Lipinski definition) is 0. The van der Waals surface area contributed by atoms with Gasteiger partial charge in [-0.3, -0.25) is 9.09 Å². The van der Waals surface area contributed by atoms with Crippen LogP contribution in [-0.4, -0.2) is 39.4 Å². The van der Waals surface area contributed by atoms with E-state index < -0.39 is 11.4 Å². The molecule has 3 rings (SSSR count). The van der Waals surface area contributed by atoms with Crippen molar-refractivity contribution in [2.45, 2.75) is 52.2 Å². The molecule has 0 aliphatic carbocycles. The molecule has 3 heterocycles. The van der Waals surface area contributed by atoms with Gasteiger partial charge >= 0.3 is 11.8 Å². The number of likely N-dealkylation sites (tertiary alicyclic amines) is 1. The van der Waals surface area contributed by atoms with Crippen molar-refractivity contribution in [3.8, 4) is 10.7 Å². The first-order chi connectivity index (χ1) is 12.3. The van der Waals surface area contributed by atoms with Gasteiger partial charge in [-0.05, 0) is 57.4 Å². The molecule has 7 nitrogen and oxygen atoms in total. The molecular formula is C18H25N3O4S. The second-order valence-electron chi connectivity index (χ2n) is 7.62. The van der Waals surface area contributed by atoms with Gasteiger partial charge in [0.05, 0.1) is 4.88 Å². The average molecular weight is 379 g/mol. The normalized spacial score (nSPS) is 18.1. The summed E-state index contributed by atoms with van der Waals surface area (Å²) in [5.41, 5.74) is -0.491. The highest BCUT2D eigenvalue weighted by Crippen LogP contribution is 2.25. The van der Waals surface area contributed by atoms with Crippen LogP contribution in [0.15, 0.2) is 26.8 Å². The molecule has 0 radical (unpaired) electrons. The molecule has 0 aromatic carbocycles. The van der Waals surface area contributed by atoms with Gasteiger partial charge in [0.1, 0.15) is 5.60 Å². The minimum absolute atomic E-state index is 0.261. The average Bonchev–Trinajstić information content (AvgIpc) is 3.21. The van der Waals surface area contributed by atoms with Gasteiger partial charge in [-0.2, -0.15) is 0 Å². The Morgan fingerprint density at radius 1 is 1.46 bits per heavy atom. The predicted octanol–water partition coefficient (Wildman–Crippen LogP) is 3.60. The molecule has 0 spiro atoms. The zero-order valence-electron chi connectivity index (χ0n) is 15.4. The highest BCUT2D eigenvalue weighted by Gasteiger charge is 2.28. The molecule has 1 aliphatic rings. The lowest BCUT2D eigenvalue weighted by molar-refractivity contribution is 0.0159. The number of aromatic nitrogens is 2. The number of piperidine rings is 1. The highest BCUT2D eigenvalue weighted by atomic mass is 32.1. The van der Waals surface area contributed by atoms with Crippen molar-refractivity contribution >= 4 is 17.4 Å². The summed E-state index contributed by atoms with van der Waals surface area (Å²) in [4.78, 5) is 27.0. The summed E-state index contributed by atoms with van der Waals surface area (Å²) >= 11 is 1.52. The van der Waals surface area contributed by atoms with Crippen LogP contribution in [-0.2, 0) is 11.3 Å². The highest BCUT2D eigenvalue weighted by molar-refractivity contribution is 7.13. The van der Waals surface area contributed by atoms with Crippen LogP contribution < -0.4 is 5.76 Å². The zero-order valence-corrected chi connectivity index (χ0v) is 16.3. The summed E-state index contributed by atoms with van der Waals surface area (Å²) < 4.78 is 11.9. The molecule has 26 heavy (non-hydrogen) atoms. The molecule has 1 unspecified atom stereocenters. The Morgan fingerprint density at radius 2 is 2.27 bits per heavy atom. The van der Waals surface area contributed by atoms with Gasteiger partial charge in [0.25, 0.3) is 0 Å². The molecule has 8 heteroatoms. The Bertz CT molecular complexity index is 788. The summed E-state index contributed by atoms with van der Waals surface area (Å²) in [6.07, 6.45) is 2.51. The van der Waals surface area contributed by atoms with E-state index in [1.165, 1.54) is 11.3 Å². The van der Waals surface area contributed by atoms with Crippen molar-refractivity contribution in [3.63, 3.8) is 0 Å². The van der Waals surface area contributed by atoms with E-state index in [1.54, 1.807) is 9.47 Å². The molecule has 2 aromatic rings. The van der Waals surface area contributed by atoms with Crippen LogP contribution in [0, 0.1) is 5.92 Å². The Balaban J connectivity index is 1.61. The number of rotatable bonds is 4. The summed E-state index contributed by atoms with van der Waals surface area (Å²) in [7, 11) is 0. The van der Waals surface area contributed by atoms with Gasteiger partial charge in [0.2, 0.25) is 0 Å². The maximum absolute atomic E-state index is 12.3. The van der Waals surface area contributed by atoms with E-state index in [4.69, 9.17) is 9.26 Å². The molecule has 0 N–H and O–H groups in total. The summed E-state index contributed by atoms with van der Waals surface area (Å²) in [5.74, 6) is 0.465. The molecular weight excluding hydrogens is 354 g/mol. The van der Waals surface area contributed by atoms with Crippen molar-refractivity contribution in [2.24, 2.45) is 5.92 Å². The van der Waals surface area contributed by atoms with Crippen molar-refractivity contribution < 1.29 is 14.1 Å². The molecule has 0 bridgehead atoms. The van der Waals surface area contributed by atoms with Crippen LogP contribution in [0.4, 0.5) is 4.79 Å². The monoisotopic (exact) mass is 379 g/mol. The quantitative estimate of drug-likeness (QED) is 0.811. The fourth-order valence-corrected chi connectivity index (χ4v) is 3.87. The van der Waals surface area contributed by atoms with Crippen LogP contribution in [0.1, 0.15) is 40.0 Å². The van der Waals surface area contributed by atoms with E-state index in [0.717, 1.165) is 30.7 Å². The standard InChI is InChI=1S/C18H25N3O4S/c1-18(2,3)24-16(22)20-9-4-6-13(12-20)8-10-21-15(19-25-17(21)23)14-7-5-11-26-14/h5,7,11,13H,4,6,8-10,12H2,1-3H3. The fraction of sp³-hybridized carbons (Fsp3) is 0.611. The second kappa shape index (κ2) is 7.65. The molecule has 1 atom stereocenters. The first kappa shape index (κ1) is 18.7. The number of amides is 1. The van der Waals surface area contributed by atoms with Crippen LogP contribution in [0.5, 0.6) is 0 Å². The molecule has 1 amide bonds. The molecule has 1 aliphatic heterocycles. The zero-order chi connectivity index (χ0) is 18.7. The number of hydrogen-bond acceptors (Lipinski definition) is 6. The Kier molecular flexibility index (Phi) is 5.50. The van der Waals surface area contributed by atoms with E-state index >= 15 is 0 Å². The topological polar surface area (TPSA) is 77.6 Å². The van der Waals surface area contributed by atoms with Crippen molar-refractivity contribution in [3.05, 3.63) is 28.1 Å². The van der Waals surface area contributed by atoms with E-state index in [1.807, 2.05) is 38.3 Å². The van der Waals surface area contributed by atoms with Crippen LogP contribution in [0.2, 0.25) is 0 Å². The lowest BCUT2D eigenvalue weighted by Gasteiger charge is -2.34. The van der Waals surface area contributed by atoms with E-state index in [2.05, 4.69) is 5.16 Å². The van der Waals surface area contributed by atoms with Crippen LogP contribution >= 0.6 is 11.3 Å². The molecule has 1 fully saturated rings. The number of ether oxygens (including phenoxy) is 1. The number of nitrogens with zero attached hydrogens (tertiary/aromatic N) is 3. The minimum Gasteiger partial charge on any atom is -0.444 e. The lowest BCUT2D eigenvalue weighted by Crippen LogP contribution is -2.43. The van der Waals surface area contributed by atoms with Gasteiger partial charge in [0.15, 0.2) is 5.82 Å². The SMILES string of the molecule is CC(C)(C)OC(=O)N1CCCC(CCn2c(-c3cccs3)noc2=O)C1. The fourth-order valence-electron chi connectivity index (χ4n) is 3.15. The molecule has 2 aromatic heterocycles. The summed E-state index contributed by atoms with van der Waals surface area (Å²) in [6, 6.07) is 3.84. The van der Waals surface area contributed by atoms with Crippen molar-refractivity contribution in [2.75, 3.05) is 13.1 Å². The molecule has 0 saturated carbocycles. The lowest BCUT2D eigenvalue weighted by atomic mass is 9.95. The second-order valence-corrected chi connectivity index (χ2v) is 8.57. The third-order valence-corrected chi connectivity index (χ3v) is 5.23. The largest absolute Gasteiger partial charge is 0.444 e. The number of carbonyl (C=O) groups excluding carboxylic acids is 1. The van der Waals surface area contributed by atoms with Crippen LogP contribution in [0.3, 0.4) is 0 Å². The maximum Gasteiger partial charge on any atom is 0.441 e. The Morgan fingerprint density at radius 3 is 2.96 bits per heavy atom. The van der Waals surface area contributed by atoms with Gasteiger partial charge in [-0.15, -0.1) is 11.3 Å². The van der Waals surface area contributed by atoms with Crippen molar-refractivity contribution in [1.29, 1.82) is 0 Å².